The number of nitrogens with one attached hydrogen (secondary N) is 1. The maximum absolute atomic E-state index is 13.0. The van der Waals surface area contributed by atoms with Gasteiger partial charge in [-0.15, -0.1) is 0 Å². The van der Waals surface area contributed by atoms with Crippen LogP contribution in [0.4, 0.5) is 0 Å². The number of ketones is 1. The van der Waals surface area contributed by atoms with Crippen LogP contribution in [0, 0.1) is 5.92 Å². The zero-order valence-electron chi connectivity index (χ0n) is 18.7. The van der Waals surface area contributed by atoms with Gasteiger partial charge >= 0.3 is 0 Å². The maximum atomic E-state index is 13.0. The van der Waals surface area contributed by atoms with E-state index in [9.17, 15) is 4.79 Å². The number of nitrogens with zero attached hydrogens (tertiary/aromatic N) is 1. The molecule has 3 aromatic carbocycles. The van der Waals surface area contributed by atoms with Crippen molar-refractivity contribution in [3.05, 3.63) is 95.1 Å². The third kappa shape index (κ3) is 4.85. The molecule has 3 aromatic rings. The van der Waals surface area contributed by atoms with Gasteiger partial charge in [0, 0.05) is 31.6 Å². The monoisotopic (exact) mass is 424 g/mol. The topological polar surface area (TPSA) is 32.3 Å². The number of Topliss-reactive ketones (excluding diaryl/α,β-unsaturated/α-hetero) is 1. The molecule has 3 heteroatoms. The Morgan fingerprint density at radius 2 is 1.56 bits per heavy atom. The van der Waals surface area contributed by atoms with Crippen LogP contribution in [0.3, 0.4) is 0 Å². The number of fused-ring (bicyclic) bond motifs is 3. The minimum atomic E-state index is 0.261. The van der Waals surface area contributed by atoms with E-state index in [-0.39, 0.29) is 5.78 Å². The molecule has 0 bridgehead atoms. The molecule has 0 aromatic heterocycles. The highest BCUT2D eigenvalue weighted by atomic mass is 16.1. The zero-order valence-corrected chi connectivity index (χ0v) is 18.7. The van der Waals surface area contributed by atoms with Crippen LogP contribution < -0.4 is 5.32 Å². The number of likely N-dealkylation sites (tertiary alicyclic amines) is 1. The Kier molecular flexibility index (Phi) is 6.47. The van der Waals surface area contributed by atoms with Gasteiger partial charge in [-0.2, -0.15) is 0 Å². The summed E-state index contributed by atoms with van der Waals surface area (Å²) in [4.78, 5) is 15.4. The van der Waals surface area contributed by atoms with E-state index >= 15 is 0 Å². The summed E-state index contributed by atoms with van der Waals surface area (Å²) in [5.41, 5.74) is 7.38. The van der Waals surface area contributed by atoms with Crippen molar-refractivity contribution in [2.45, 2.75) is 38.8 Å². The highest BCUT2D eigenvalue weighted by molar-refractivity contribution is 5.97. The van der Waals surface area contributed by atoms with E-state index in [4.69, 9.17) is 0 Å². The molecule has 0 aliphatic carbocycles. The van der Waals surface area contributed by atoms with Crippen LogP contribution in [0.25, 0.3) is 11.1 Å². The average molecular weight is 425 g/mol. The fraction of sp³-hybridized carbons (Fsp3) is 0.345. The van der Waals surface area contributed by atoms with Crippen LogP contribution >= 0.6 is 0 Å². The molecule has 0 unspecified atom stereocenters. The summed E-state index contributed by atoms with van der Waals surface area (Å²) in [5, 5.41) is 3.51. The summed E-state index contributed by atoms with van der Waals surface area (Å²) < 4.78 is 0. The SMILES string of the molecule is O=C(CCN1CCC(Cc2ccccc2)CC1)c1ccc2c(c1)CNCc1ccccc1-2. The number of carbonyl (C=O) groups excluding carboxylic acids is 1. The number of hydrogen-bond acceptors (Lipinski definition) is 3. The first-order chi connectivity index (χ1) is 15.8. The van der Waals surface area contributed by atoms with E-state index < -0.39 is 0 Å². The number of hydrogen-bond donors (Lipinski definition) is 1. The third-order valence-electron chi connectivity index (χ3n) is 7.10. The van der Waals surface area contributed by atoms with Gasteiger partial charge in [-0.3, -0.25) is 4.79 Å². The maximum Gasteiger partial charge on any atom is 0.164 e. The summed E-state index contributed by atoms with van der Waals surface area (Å²) in [6.45, 7) is 4.76. The van der Waals surface area contributed by atoms with Crippen molar-refractivity contribution >= 4 is 5.78 Å². The molecule has 2 heterocycles. The van der Waals surface area contributed by atoms with E-state index in [2.05, 4.69) is 76.9 Å². The molecular weight excluding hydrogens is 392 g/mol. The number of benzene rings is 3. The lowest BCUT2D eigenvalue weighted by Gasteiger charge is -2.31. The van der Waals surface area contributed by atoms with Crippen LogP contribution in [0.1, 0.15) is 46.3 Å². The zero-order chi connectivity index (χ0) is 21.8. The lowest BCUT2D eigenvalue weighted by molar-refractivity contribution is 0.0951. The molecule has 0 atom stereocenters. The molecule has 1 saturated heterocycles. The number of carbonyl (C=O) groups is 1. The van der Waals surface area contributed by atoms with Crippen molar-refractivity contribution in [3.8, 4) is 11.1 Å². The van der Waals surface area contributed by atoms with Crippen LogP contribution in [0.15, 0.2) is 72.8 Å². The molecule has 0 spiro atoms. The Labute approximate surface area is 191 Å². The number of piperidine rings is 1. The molecule has 2 aliphatic rings. The summed E-state index contributed by atoms with van der Waals surface area (Å²) in [6.07, 6.45) is 4.24. The predicted octanol–water partition coefficient (Wildman–Crippen LogP) is 5.48. The first kappa shape index (κ1) is 21.1. The first-order valence-electron chi connectivity index (χ1n) is 12.0. The normalized spacial score (nSPS) is 16.8. The highest BCUT2D eigenvalue weighted by Gasteiger charge is 2.21. The van der Waals surface area contributed by atoms with Crippen molar-refractivity contribution in [1.82, 2.24) is 10.2 Å². The van der Waals surface area contributed by atoms with E-state index in [0.717, 1.165) is 44.2 Å². The summed E-state index contributed by atoms with van der Waals surface area (Å²) >= 11 is 0. The average Bonchev–Trinajstić information content (AvgIpc) is 3.03. The second kappa shape index (κ2) is 9.81. The Balaban J connectivity index is 1.16. The lowest BCUT2D eigenvalue weighted by Crippen LogP contribution is -2.35. The van der Waals surface area contributed by atoms with Gasteiger partial charge in [-0.1, -0.05) is 66.7 Å². The van der Waals surface area contributed by atoms with E-state index in [1.165, 1.54) is 47.1 Å². The second-order valence-electron chi connectivity index (χ2n) is 9.28. The molecule has 5 rings (SSSR count). The van der Waals surface area contributed by atoms with E-state index in [1.54, 1.807) is 0 Å². The van der Waals surface area contributed by atoms with Crippen LogP contribution in [-0.2, 0) is 19.5 Å². The molecule has 0 radical (unpaired) electrons. The van der Waals surface area contributed by atoms with Gasteiger partial charge in [0.25, 0.3) is 0 Å². The molecule has 1 N–H and O–H groups in total. The van der Waals surface area contributed by atoms with Crippen molar-refractivity contribution in [2.24, 2.45) is 5.92 Å². The van der Waals surface area contributed by atoms with Crippen molar-refractivity contribution in [1.29, 1.82) is 0 Å². The van der Waals surface area contributed by atoms with Gasteiger partial charge in [0.05, 0.1) is 0 Å². The Morgan fingerprint density at radius 1 is 0.844 bits per heavy atom. The second-order valence-corrected chi connectivity index (χ2v) is 9.28. The molecule has 0 amide bonds. The molecular formula is C29H32N2O. The van der Waals surface area contributed by atoms with Crippen molar-refractivity contribution < 1.29 is 4.79 Å². The fourth-order valence-corrected chi connectivity index (χ4v) is 5.21. The van der Waals surface area contributed by atoms with E-state index in [0.29, 0.717) is 6.42 Å². The van der Waals surface area contributed by atoms with Gasteiger partial charge < -0.3 is 10.2 Å². The minimum absolute atomic E-state index is 0.261. The van der Waals surface area contributed by atoms with Crippen molar-refractivity contribution in [3.63, 3.8) is 0 Å². The highest BCUT2D eigenvalue weighted by Crippen LogP contribution is 2.30. The standard InChI is InChI=1S/C29H32N2O/c32-29(14-17-31-15-12-23(13-16-31)18-22-6-2-1-3-7-22)24-10-11-28-26(19-24)21-30-20-25-8-4-5-9-27(25)28/h1-11,19,23,30H,12-18,20-21H2. The lowest BCUT2D eigenvalue weighted by atomic mass is 9.90. The third-order valence-corrected chi connectivity index (χ3v) is 7.10. The molecule has 1 fully saturated rings. The Hall–Kier alpha value is -2.75. The van der Waals surface area contributed by atoms with Gasteiger partial charge in [0.15, 0.2) is 5.78 Å². The molecule has 2 aliphatic heterocycles. The Morgan fingerprint density at radius 3 is 2.41 bits per heavy atom. The van der Waals surface area contributed by atoms with Gasteiger partial charge in [0.2, 0.25) is 0 Å². The molecule has 164 valence electrons. The predicted molar refractivity (Wildman–Crippen MR) is 131 cm³/mol. The Bertz CT molecular complexity index is 1070. The first-order valence-corrected chi connectivity index (χ1v) is 12.0. The van der Waals surface area contributed by atoms with Crippen LogP contribution in [0.2, 0.25) is 0 Å². The summed E-state index contributed by atoms with van der Waals surface area (Å²) in [7, 11) is 0. The smallest absolute Gasteiger partial charge is 0.164 e. The number of rotatable bonds is 6. The summed E-state index contributed by atoms with van der Waals surface area (Å²) in [6, 6.07) is 25.6. The van der Waals surface area contributed by atoms with Crippen molar-refractivity contribution in [2.75, 3.05) is 19.6 Å². The largest absolute Gasteiger partial charge is 0.309 e. The van der Waals surface area contributed by atoms with Crippen LogP contribution in [-0.4, -0.2) is 30.3 Å². The summed E-state index contributed by atoms with van der Waals surface area (Å²) in [5.74, 6) is 1.03. The van der Waals surface area contributed by atoms with E-state index in [1.807, 2.05) is 6.07 Å². The molecule has 0 saturated carbocycles. The van der Waals surface area contributed by atoms with Gasteiger partial charge in [-0.25, -0.2) is 0 Å². The fourth-order valence-electron chi connectivity index (χ4n) is 5.21. The molecule has 3 nitrogen and oxygen atoms in total. The van der Waals surface area contributed by atoms with Crippen LogP contribution in [0.5, 0.6) is 0 Å². The minimum Gasteiger partial charge on any atom is -0.309 e. The van der Waals surface area contributed by atoms with Gasteiger partial charge in [0.1, 0.15) is 0 Å². The molecule has 32 heavy (non-hydrogen) atoms. The van der Waals surface area contributed by atoms with Gasteiger partial charge in [-0.05, 0) is 72.2 Å². The quantitative estimate of drug-likeness (QED) is 0.532.